The Hall–Kier alpha value is -13.6. The molecule has 12 heteroatoms. The van der Waals surface area contributed by atoms with Crippen LogP contribution in [0.3, 0.4) is 0 Å². The lowest BCUT2D eigenvalue weighted by atomic mass is 9.98. The zero-order valence-corrected chi connectivity index (χ0v) is 52.4. The van der Waals surface area contributed by atoms with Crippen molar-refractivity contribution in [2.75, 3.05) is 0 Å². The number of rotatable bonds is 9. The third-order valence-corrected chi connectivity index (χ3v) is 18.2. The minimum Gasteiger partial charge on any atom is -0.254 e. The fraction of sp³-hybridized carbons (Fsp3) is 0. The molecule has 456 valence electrons. The second-order valence-electron chi connectivity index (χ2n) is 24.1. The summed E-state index contributed by atoms with van der Waals surface area (Å²) in [4.78, 5) is 55.8. The fourth-order valence-electron chi connectivity index (χ4n) is 13.0. The molecule has 0 amide bonds. The molecular formula is C86H52N12. The zero-order valence-electron chi connectivity index (χ0n) is 52.4. The van der Waals surface area contributed by atoms with E-state index in [0.717, 1.165) is 188 Å². The smallest absolute Gasteiger partial charge is 0.116 e. The summed E-state index contributed by atoms with van der Waals surface area (Å²) in [5, 5.41) is 8.67. The van der Waals surface area contributed by atoms with Gasteiger partial charge in [-0.25, -0.2) is 49.8 Å². The third-order valence-electron chi connectivity index (χ3n) is 18.2. The predicted octanol–water partition coefficient (Wildman–Crippen LogP) is 20.3. The quantitative estimate of drug-likeness (QED) is 0.126. The molecule has 0 saturated carbocycles. The van der Waals surface area contributed by atoms with Gasteiger partial charge < -0.3 is 0 Å². The van der Waals surface area contributed by atoms with Gasteiger partial charge in [0.15, 0.2) is 0 Å². The van der Waals surface area contributed by atoms with Crippen LogP contribution in [-0.2, 0) is 0 Å². The van der Waals surface area contributed by atoms with Gasteiger partial charge in [-0.15, -0.1) is 0 Å². The van der Waals surface area contributed by atoms with Gasteiger partial charge in [0.2, 0.25) is 0 Å². The monoisotopic (exact) mass is 1250 g/mol. The van der Waals surface area contributed by atoms with Gasteiger partial charge in [-0.05, 0) is 143 Å². The van der Waals surface area contributed by atoms with Crippen molar-refractivity contribution in [2.24, 2.45) is 0 Å². The molecule has 0 atom stereocenters. The van der Waals surface area contributed by atoms with Crippen LogP contribution in [0.5, 0.6) is 0 Å². The van der Waals surface area contributed by atoms with Crippen molar-refractivity contribution in [1.29, 1.82) is 0 Å². The first kappa shape index (κ1) is 57.1. The lowest BCUT2D eigenvalue weighted by Crippen LogP contribution is -1.91. The Bertz CT molecular complexity index is 6300. The van der Waals surface area contributed by atoms with Crippen LogP contribution in [0.4, 0.5) is 0 Å². The average molecular weight is 1250 g/mol. The van der Waals surface area contributed by atoms with Crippen molar-refractivity contribution >= 4 is 87.2 Å². The number of benzene rings is 9. The Labute approximate surface area is 561 Å². The minimum atomic E-state index is 0.810. The van der Waals surface area contributed by atoms with Crippen LogP contribution in [0.2, 0.25) is 0 Å². The van der Waals surface area contributed by atoms with Gasteiger partial charge in [0.05, 0.1) is 89.7 Å². The number of hydrogen-bond donors (Lipinski definition) is 0. The second kappa shape index (κ2) is 24.4. The van der Waals surface area contributed by atoms with Gasteiger partial charge in [0.1, 0.15) is 12.7 Å². The zero-order chi connectivity index (χ0) is 64.9. The molecule has 19 rings (SSSR count). The molecule has 10 heterocycles. The van der Waals surface area contributed by atoms with Gasteiger partial charge in [0.25, 0.3) is 0 Å². The molecule has 0 radical (unpaired) electrons. The Balaban J connectivity index is 0.000000143. The minimum absolute atomic E-state index is 0.810. The number of fused-ring (bicyclic) bond motifs is 10. The summed E-state index contributed by atoms with van der Waals surface area (Å²) in [5.74, 6) is 0. The molecule has 0 spiro atoms. The summed E-state index contributed by atoms with van der Waals surface area (Å²) in [6, 6.07) is 96.4. The highest BCUT2D eigenvalue weighted by Crippen LogP contribution is 2.36. The molecule has 0 saturated heterocycles. The van der Waals surface area contributed by atoms with Gasteiger partial charge in [-0.1, -0.05) is 170 Å². The highest BCUT2D eigenvalue weighted by molar-refractivity contribution is 6.08. The fourth-order valence-corrected chi connectivity index (χ4v) is 13.0. The molecule has 10 aromatic heterocycles. The molecule has 12 nitrogen and oxygen atoms in total. The summed E-state index contributed by atoms with van der Waals surface area (Å²) in [7, 11) is 0. The maximum Gasteiger partial charge on any atom is 0.116 e. The maximum absolute atomic E-state index is 5.13. The molecule has 0 unspecified atom stereocenters. The van der Waals surface area contributed by atoms with E-state index in [1.807, 2.05) is 60.9 Å². The summed E-state index contributed by atoms with van der Waals surface area (Å²) < 4.78 is 0. The van der Waals surface area contributed by atoms with Crippen LogP contribution in [0.25, 0.3) is 188 Å². The Morgan fingerprint density at radius 3 is 1.01 bits per heavy atom. The highest BCUT2D eigenvalue weighted by Gasteiger charge is 2.15. The first-order valence-electron chi connectivity index (χ1n) is 32.3. The normalized spacial score (nSPS) is 11.5. The third kappa shape index (κ3) is 10.9. The molecule has 98 heavy (non-hydrogen) atoms. The van der Waals surface area contributed by atoms with E-state index in [0.29, 0.717) is 0 Å². The van der Waals surface area contributed by atoms with Gasteiger partial charge in [-0.3, -0.25) is 9.97 Å². The van der Waals surface area contributed by atoms with E-state index < -0.39 is 0 Å². The molecule has 0 aliphatic heterocycles. The number of hydrogen-bond acceptors (Lipinski definition) is 12. The lowest BCUT2D eigenvalue weighted by Gasteiger charge is -2.10. The van der Waals surface area contributed by atoms with Gasteiger partial charge >= 0.3 is 0 Å². The highest BCUT2D eigenvalue weighted by atomic mass is 14.9. The van der Waals surface area contributed by atoms with Crippen LogP contribution >= 0.6 is 0 Å². The van der Waals surface area contributed by atoms with E-state index in [9.17, 15) is 0 Å². The average Bonchev–Trinajstić information content (AvgIpc) is 0.798. The number of pyridine rings is 8. The van der Waals surface area contributed by atoms with Crippen molar-refractivity contribution < 1.29 is 0 Å². The first-order valence-corrected chi connectivity index (χ1v) is 32.3. The SMILES string of the molecule is c1ccc(-c2ccc3ccc4ccc(-c5ccc(-c6ccc7cc(-c8ccc9nc(-c%10ccncn%10)ccc9c8)ccc7n6)cc5)nc4c3n2)cc1.c1cnc2c(c1)ccc1c(-c3ccc(-c4ccc5cc(-c6ccc7nc(-c8ccncn8)ccc7c6)ccc5n4)cc3)ccnc12. The second-order valence-corrected chi connectivity index (χ2v) is 24.1. The Morgan fingerprint density at radius 1 is 0.184 bits per heavy atom. The van der Waals surface area contributed by atoms with Crippen molar-refractivity contribution in [1.82, 2.24) is 59.8 Å². The number of nitrogens with zero attached hydrogens (tertiary/aromatic N) is 12. The van der Waals surface area contributed by atoms with Crippen molar-refractivity contribution in [3.8, 4) is 101 Å². The molecule has 9 aromatic carbocycles. The standard InChI is InChI=1S/C46H28N6.C40H24N6/c1-2-4-29(5-3-1)39-18-12-32-10-11-33-13-19-40(52-46(33)45(32)51-39)31-8-6-30(7-9-31)38-22-16-36-26-34(14-20-41(36)49-38)35-15-21-42-37(27-35)17-23-44(50-42)43-24-25-47-28-48-43;1-2-27-7-12-33-32(17-21-43-40(33)39(27)42-19-1)25-3-5-26(6-4-25)34-15-10-30-22-28(8-13-35(30)45-34)29-9-14-36-31(23-29)11-16-38(46-36)37-18-20-41-24-44-37/h1-28H;1-24H. The van der Waals surface area contributed by atoms with Gasteiger partial charge in [0, 0.05) is 90.1 Å². The molecule has 0 N–H and O–H groups in total. The maximum atomic E-state index is 5.13. The van der Waals surface area contributed by atoms with E-state index >= 15 is 0 Å². The van der Waals surface area contributed by atoms with E-state index in [4.69, 9.17) is 29.9 Å². The lowest BCUT2D eigenvalue weighted by molar-refractivity contribution is 1.16. The molecule has 0 aliphatic rings. The van der Waals surface area contributed by atoms with E-state index in [1.54, 1.807) is 25.0 Å². The van der Waals surface area contributed by atoms with E-state index in [1.165, 1.54) is 0 Å². The van der Waals surface area contributed by atoms with Crippen LogP contribution < -0.4 is 0 Å². The first-order chi connectivity index (χ1) is 48.5. The molecular weight excluding hydrogens is 1200 g/mol. The summed E-state index contributed by atoms with van der Waals surface area (Å²) in [5.41, 5.74) is 25.5. The molecule has 19 aromatic rings. The van der Waals surface area contributed by atoms with Crippen LogP contribution in [-0.4, -0.2) is 59.8 Å². The van der Waals surface area contributed by atoms with Crippen molar-refractivity contribution in [3.63, 3.8) is 0 Å². The van der Waals surface area contributed by atoms with Gasteiger partial charge in [-0.2, -0.15) is 0 Å². The Morgan fingerprint density at radius 2 is 0.551 bits per heavy atom. The molecule has 0 bridgehead atoms. The van der Waals surface area contributed by atoms with Crippen molar-refractivity contribution in [2.45, 2.75) is 0 Å². The molecule has 0 aliphatic carbocycles. The number of aromatic nitrogens is 12. The van der Waals surface area contributed by atoms with Crippen LogP contribution in [0.15, 0.2) is 316 Å². The largest absolute Gasteiger partial charge is 0.254 e. The van der Waals surface area contributed by atoms with Crippen molar-refractivity contribution in [3.05, 3.63) is 316 Å². The summed E-state index contributed by atoms with van der Waals surface area (Å²) in [6.07, 6.45) is 10.2. The van der Waals surface area contributed by atoms with Crippen LogP contribution in [0, 0.1) is 0 Å². The predicted molar refractivity (Wildman–Crippen MR) is 395 cm³/mol. The van der Waals surface area contributed by atoms with E-state index in [-0.39, 0.29) is 0 Å². The Kier molecular flexibility index (Phi) is 14.2. The summed E-state index contributed by atoms with van der Waals surface area (Å²) >= 11 is 0. The topological polar surface area (TPSA) is 155 Å². The molecule has 0 fully saturated rings. The van der Waals surface area contributed by atoms with E-state index in [2.05, 4.69) is 260 Å². The summed E-state index contributed by atoms with van der Waals surface area (Å²) in [6.45, 7) is 0. The van der Waals surface area contributed by atoms with Crippen LogP contribution in [0.1, 0.15) is 0 Å².